The Morgan fingerprint density at radius 1 is 1.11 bits per heavy atom. The Balaban J connectivity index is 4.02. The maximum absolute atomic E-state index is 9.81. The Morgan fingerprint density at radius 3 is 2.05 bits per heavy atom. The Kier molecular flexibility index (Phi) is 7.04. The molecule has 112 valence electrons. The van der Waals surface area contributed by atoms with Crippen LogP contribution in [0.3, 0.4) is 0 Å². The van der Waals surface area contributed by atoms with Crippen LogP contribution in [0.1, 0.15) is 33.6 Å². The average Bonchev–Trinajstić information content (AvgIpc) is 2.19. The summed E-state index contributed by atoms with van der Waals surface area (Å²) < 4.78 is 6.08. The highest BCUT2D eigenvalue weighted by molar-refractivity contribution is 6.83. The van der Waals surface area contributed by atoms with Crippen LogP contribution < -0.4 is 0 Å². The first kappa shape index (κ1) is 18.9. The third-order valence-corrected chi connectivity index (χ3v) is 8.94. The lowest BCUT2D eigenvalue weighted by Gasteiger charge is -2.36. The number of aliphatic hydroxyl groups is 1. The van der Waals surface area contributed by atoms with Gasteiger partial charge in [-0.1, -0.05) is 46.3 Å². The third-order valence-electron chi connectivity index (χ3n) is 3.50. The van der Waals surface area contributed by atoms with Gasteiger partial charge in [0.15, 0.2) is 8.32 Å². The van der Waals surface area contributed by atoms with E-state index in [9.17, 15) is 5.11 Å². The first-order valence-corrected chi connectivity index (χ1v) is 13.6. The van der Waals surface area contributed by atoms with Crippen molar-refractivity contribution < 1.29 is 9.53 Å². The fraction of sp³-hybridized carbons (Fsp3) is 0.867. The van der Waals surface area contributed by atoms with E-state index in [4.69, 9.17) is 4.43 Å². The molecule has 0 aromatic rings. The van der Waals surface area contributed by atoms with Gasteiger partial charge in [-0.15, -0.1) is 5.54 Å². The minimum atomic E-state index is -1.64. The maximum Gasteiger partial charge on any atom is 0.191 e. The topological polar surface area (TPSA) is 29.5 Å². The van der Waals surface area contributed by atoms with E-state index in [1.165, 1.54) is 0 Å². The monoisotopic (exact) mass is 300 g/mol. The molecule has 0 saturated heterocycles. The highest BCUT2D eigenvalue weighted by Crippen LogP contribution is 2.36. The molecule has 0 aromatic carbocycles. The number of hydrogen-bond donors (Lipinski definition) is 1. The van der Waals surface area contributed by atoms with E-state index in [1.807, 2.05) is 0 Å². The van der Waals surface area contributed by atoms with Crippen LogP contribution in [0.15, 0.2) is 0 Å². The quantitative estimate of drug-likeness (QED) is 0.472. The van der Waals surface area contributed by atoms with Gasteiger partial charge in [-0.05, 0) is 31.0 Å². The molecule has 0 amide bonds. The molecule has 0 saturated carbocycles. The Bertz CT molecular complexity index is 327. The summed E-state index contributed by atoms with van der Waals surface area (Å²) in [4.78, 5) is 0. The van der Waals surface area contributed by atoms with Crippen molar-refractivity contribution in [2.45, 2.75) is 77.5 Å². The average molecular weight is 301 g/mol. The van der Waals surface area contributed by atoms with E-state index in [0.29, 0.717) is 6.42 Å². The molecule has 0 aromatic heterocycles. The van der Waals surface area contributed by atoms with E-state index >= 15 is 0 Å². The smallest absolute Gasteiger partial charge is 0.191 e. The van der Waals surface area contributed by atoms with Crippen molar-refractivity contribution in [1.82, 2.24) is 0 Å². The molecule has 0 bridgehead atoms. The fourth-order valence-corrected chi connectivity index (χ4v) is 2.88. The van der Waals surface area contributed by atoms with Crippen LogP contribution in [0.2, 0.25) is 37.8 Å². The molecule has 0 aliphatic heterocycles. The standard InChI is InChI=1S/C15H32O2Si2/c1-15(2,3)19(7,8)17-12-9-10-14(16)11-13-18(4,5)6/h14,16H,9-10,12H2,1-8H3/t14-/m0/s1. The molecule has 1 N–H and O–H groups in total. The molecule has 19 heavy (non-hydrogen) atoms. The highest BCUT2D eigenvalue weighted by Gasteiger charge is 2.36. The van der Waals surface area contributed by atoms with Crippen molar-refractivity contribution in [3.05, 3.63) is 0 Å². The molecule has 0 rings (SSSR count). The van der Waals surface area contributed by atoms with Gasteiger partial charge in [0, 0.05) is 6.61 Å². The Labute approximate surface area is 122 Å². The molecule has 0 unspecified atom stereocenters. The van der Waals surface area contributed by atoms with E-state index < -0.39 is 22.5 Å². The van der Waals surface area contributed by atoms with Gasteiger partial charge in [-0.25, -0.2) is 0 Å². The molecular weight excluding hydrogens is 268 g/mol. The normalized spacial score (nSPS) is 14.8. The lowest BCUT2D eigenvalue weighted by Crippen LogP contribution is -2.41. The SMILES string of the molecule is CC(C)(C)[Si](C)(C)OCCC[C@H](O)C#C[Si](C)(C)C. The molecule has 0 aliphatic carbocycles. The largest absolute Gasteiger partial charge is 0.417 e. The molecule has 0 radical (unpaired) electrons. The van der Waals surface area contributed by atoms with Gasteiger partial charge in [0.2, 0.25) is 0 Å². The van der Waals surface area contributed by atoms with Crippen molar-refractivity contribution in [2.75, 3.05) is 6.61 Å². The number of hydrogen-bond acceptors (Lipinski definition) is 2. The van der Waals surface area contributed by atoms with Crippen LogP contribution in [0.25, 0.3) is 0 Å². The maximum atomic E-state index is 9.81. The molecular formula is C15H32O2Si2. The van der Waals surface area contributed by atoms with E-state index in [0.717, 1.165) is 13.0 Å². The summed E-state index contributed by atoms with van der Waals surface area (Å²) in [5.74, 6) is 2.97. The fourth-order valence-electron chi connectivity index (χ4n) is 1.19. The predicted octanol–water partition coefficient (Wildman–Crippen LogP) is 4.03. The second-order valence-corrected chi connectivity index (χ2v) is 17.3. The van der Waals surface area contributed by atoms with E-state index in [2.05, 4.69) is 65.0 Å². The minimum absolute atomic E-state index is 0.253. The predicted molar refractivity (Wildman–Crippen MR) is 89.5 cm³/mol. The van der Waals surface area contributed by atoms with Gasteiger partial charge < -0.3 is 9.53 Å². The summed E-state index contributed by atoms with van der Waals surface area (Å²) in [6.07, 6.45) is 1.11. The van der Waals surface area contributed by atoms with Crippen molar-refractivity contribution in [3.63, 3.8) is 0 Å². The van der Waals surface area contributed by atoms with Crippen LogP contribution in [0.5, 0.6) is 0 Å². The van der Waals surface area contributed by atoms with Gasteiger partial charge in [-0.3, -0.25) is 0 Å². The molecule has 2 nitrogen and oxygen atoms in total. The summed E-state index contributed by atoms with van der Waals surface area (Å²) >= 11 is 0. The van der Waals surface area contributed by atoms with Crippen LogP contribution in [0.4, 0.5) is 0 Å². The van der Waals surface area contributed by atoms with Crippen molar-refractivity contribution in [1.29, 1.82) is 0 Å². The second-order valence-electron chi connectivity index (χ2n) is 7.79. The molecule has 0 aliphatic rings. The Morgan fingerprint density at radius 2 is 1.63 bits per heavy atom. The molecule has 0 fully saturated rings. The summed E-state index contributed by atoms with van der Waals surface area (Å²) in [6.45, 7) is 18.5. The van der Waals surface area contributed by atoms with Gasteiger partial charge in [0.25, 0.3) is 0 Å². The van der Waals surface area contributed by atoms with Gasteiger partial charge in [0.05, 0.1) is 0 Å². The Hall–Kier alpha value is -0.0862. The zero-order valence-corrected chi connectivity index (χ0v) is 16.1. The third kappa shape index (κ3) is 8.64. The van der Waals surface area contributed by atoms with Crippen molar-refractivity contribution in [3.8, 4) is 11.5 Å². The molecule has 0 heterocycles. The van der Waals surface area contributed by atoms with E-state index in [-0.39, 0.29) is 5.04 Å². The highest BCUT2D eigenvalue weighted by atomic mass is 28.4. The van der Waals surface area contributed by atoms with Gasteiger partial charge in [-0.2, -0.15) is 0 Å². The van der Waals surface area contributed by atoms with Gasteiger partial charge >= 0.3 is 0 Å². The molecule has 4 heteroatoms. The second kappa shape index (κ2) is 7.07. The summed E-state index contributed by atoms with van der Waals surface area (Å²) in [6, 6.07) is 0. The summed E-state index contributed by atoms with van der Waals surface area (Å²) in [5.41, 5.74) is 3.21. The van der Waals surface area contributed by atoms with Crippen LogP contribution >= 0.6 is 0 Å². The lowest BCUT2D eigenvalue weighted by atomic mass is 10.2. The number of rotatable bonds is 5. The zero-order chi connectivity index (χ0) is 15.3. The summed E-state index contributed by atoms with van der Waals surface area (Å²) in [5, 5.41) is 10.1. The molecule has 0 spiro atoms. The van der Waals surface area contributed by atoms with Gasteiger partial charge in [0.1, 0.15) is 14.2 Å². The van der Waals surface area contributed by atoms with E-state index in [1.54, 1.807) is 0 Å². The van der Waals surface area contributed by atoms with Crippen LogP contribution in [0, 0.1) is 11.5 Å². The molecule has 1 atom stereocenters. The minimum Gasteiger partial charge on any atom is -0.417 e. The summed E-state index contributed by atoms with van der Waals surface area (Å²) in [7, 11) is -3.00. The number of aliphatic hydroxyl groups excluding tert-OH is 1. The first-order valence-electron chi connectivity index (χ1n) is 7.20. The lowest BCUT2D eigenvalue weighted by molar-refractivity contribution is 0.198. The van der Waals surface area contributed by atoms with Crippen LogP contribution in [-0.4, -0.2) is 34.2 Å². The van der Waals surface area contributed by atoms with Crippen molar-refractivity contribution >= 4 is 16.4 Å². The zero-order valence-electron chi connectivity index (χ0n) is 14.1. The first-order chi connectivity index (χ1) is 8.35. The van der Waals surface area contributed by atoms with Crippen molar-refractivity contribution in [2.24, 2.45) is 0 Å². The van der Waals surface area contributed by atoms with Crippen LogP contribution in [-0.2, 0) is 4.43 Å².